The molecule has 1 aromatic heterocycles. The van der Waals surface area contributed by atoms with Crippen LogP contribution in [0.15, 0.2) is 24.4 Å². The third-order valence-electron chi connectivity index (χ3n) is 6.63. The average Bonchev–Trinajstić information content (AvgIpc) is 3.19. The molecule has 1 amide bonds. The summed E-state index contributed by atoms with van der Waals surface area (Å²) in [4.78, 5) is 23.6. The molecule has 2 aromatic rings. The van der Waals surface area contributed by atoms with Crippen molar-refractivity contribution >= 4 is 35.0 Å². The van der Waals surface area contributed by atoms with Crippen molar-refractivity contribution in [3.05, 3.63) is 40.5 Å². The Kier molecular flexibility index (Phi) is 8.01. The number of carbonyl (C=O) groups excluding carboxylic acids is 1. The number of carbonyl (C=O) groups is 1. The lowest BCUT2D eigenvalue weighted by atomic mass is 10.0. The van der Waals surface area contributed by atoms with Crippen molar-refractivity contribution in [2.75, 3.05) is 51.0 Å². The number of nitrogens with zero attached hydrogens (tertiary/aromatic N) is 3. The summed E-state index contributed by atoms with van der Waals surface area (Å²) >= 11 is 6.37. The summed E-state index contributed by atoms with van der Waals surface area (Å²) in [6.45, 7) is 3.81. The van der Waals surface area contributed by atoms with Crippen molar-refractivity contribution in [3.63, 3.8) is 0 Å². The topological polar surface area (TPSA) is 91.4 Å². The van der Waals surface area contributed by atoms with Crippen LogP contribution < -0.4 is 16.0 Å². The van der Waals surface area contributed by atoms with Crippen molar-refractivity contribution in [3.8, 4) is 0 Å². The quantitative estimate of drug-likeness (QED) is 0.543. The second kappa shape index (κ2) is 11.1. The van der Waals surface area contributed by atoms with Gasteiger partial charge in [0, 0.05) is 45.5 Å². The Hall–Kier alpha value is -2.42. The molecule has 0 radical (unpaired) electrons. The van der Waals surface area contributed by atoms with Crippen LogP contribution in [-0.2, 0) is 22.4 Å². The van der Waals surface area contributed by atoms with E-state index < -0.39 is 0 Å². The number of benzene rings is 1. The molecule has 2 atom stereocenters. The maximum Gasteiger partial charge on any atom is 0.229 e. The zero-order valence-electron chi connectivity index (χ0n) is 19.4. The normalized spacial score (nSPS) is 20.7. The highest BCUT2D eigenvalue weighted by molar-refractivity contribution is 6.32. The Morgan fingerprint density at radius 1 is 1.24 bits per heavy atom. The zero-order chi connectivity index (χ0) is 23.2. The predicted octanol–water partition coefficient (Wildman–Crippen LogP) is 3.25. The van der Waals surface area contributed by atoms with Gasteiger partial charge in [0.2, 0.25) is 11.9 Å². The van der Waals surface area contributed by atoms with E-state index in [4.69, 9.17) is 16.3 Å². The van der Waals surface area contributed by atoms with E-state index in [0.29, 0.717) is 16.8 Å². The van der Waals surface area contributed by atoms with Crippen LogP contribution in [0.3, 0.4) is 0 Å². The number of halogens is 1. The summed E-state index contributed by atoms with van der Waals surface area (Å²) in [5.74, 6) is 1.01. The zero-order valence-corrected chi connectivity index (χ0v) is 20.1. The molecule has 178 valence electrons. The SMILES string of the molecule is CNC(=O)[C@@H]1CCC[C@@H]1Nc1nc(Nc2ccc3c(c2)CCN(CCOC)CC3)ncc1Cl. The Labute approximate surface area is 200 Å². The van der Waals surface area contributed by atoms with Crippen molar-refractivity contribution in [2.45, 2.75) is 38.1 Å². The molecule has 8 nitrogen and oxygen atoms in total. The molecule has 2 aliphatic rings. The van der Waals surface area contributed by atoms with E-state index in [1.165, 1.54) is 11.1 Å². The van der Waals surface area contributed by atoms with Crippen molar-refractivity contribution in [1.29, 1.82) is 0 Å². The van der Waals surface area contributed by atoms with Gasteiger partial charge in [0.05, 0.1) is 18.7 Å². The van der Waals surface area contributed by atoms with E-state index in [1.54, 1.807) is 20.4 Å². The van der Waals surface area contributed by atoms with Gasteiger partial charge in [-0.2, -0.15) is 4.98 Å². The van der Waals surface area contributed by atoms with Crippen LogP contribution in [0, 0.1) is 5.92 Å². The third-order valence-corrected chi connectivity index (χ3v) is 6.91. The lowest BCUT2D eigenvalue weighted by Gasteiger charge is -2.21. The summed E-state index contributed by atoms with van der Waals surface area (Å²) in [6.07, 6.45) is 6.42. The molecule has 1 aromatic carbocycles. The van der Waals surface area contributed by atoms with E-state index in [9.17, 15) is 4.79 Å². The van der Waals surface area contributed by atoms with Crippen LogP contribution in [0.25, 0.3) is 0 Å². The first kappa shape index (κ1) is 23.7. The summed E-state index contributed by atoms with van der Waals surface area (Å²) in [5.41, 5.74) is 3.70. The lowest BCUT2D eigenvalue weighted by molar-refractivity contribution is -0.124. The average molecular weight is 473 g/mol. The van der Waals surface area contributed by atoms with Gasteiger partial charge in [-0.15, -0.1) is 0 Å². The molecule has 0 spiro atoms. The Bertz CT molecular complexity index is 972. The fourth-order valence-electron chi connectivity index (χ4n) is 4.76. The molecule has 9 heteroatoms. The number of methoxy groups -OCH3 is 1. The van der Waals surface area contributed by atoms with Crippen LogP contribution in [0.2, 0.25) is 5.02 Å². The maximum atomic E-state index is 12.2. The Balaban J connectivity index is 1.44. The number of aromatic nitrogens is 2. The molecular formula is C24H33ClN6O2. The van der Waals surface area contributed by atoms with Gasteiger partial charge < -0.3 is 25.6 Å². The van der Waals surface area contributed by atoms with Gasteiger partial charge in [-0.3, -0.25) is 4.79 Å². The molecule has 33 heavy (non-hydrogen) atoms. The minimum absolute atomic E-state index is 0.0127. The first-order chi connectivity index (χ1) is 16.1. The Morgan fingerprint density at radius 3 is 2.85 bits per heavy atom. The molecule has 1 saturated carbocycles. The fourth-order valence-corrected chi connectivity index (χ4v) is 4.90. The lowest BCUT2D eigenvalue weighted by Crippen LogP contribution is -2.36. The van der Waals surface area contributed by atoms with Crippen LogP contribution in [0.4, 0.5) is 17.5 Å². The smallest absolute Gasteiger partial charge is 0.229 e. The molecule has 1 aliphatic heterocycles. The van der Waals surface area contributed by atoms with E-state index in [1.807, 2.05) is 0 Å². The van der Waals surface area contributed by atoms with Crippen molar-refractivity contribution in [2.24, 2.45) is 5.92 Å². The van der Waals surface area contributed by atoms with Crippen LogP contribution in [0.1, 0.15) is 30.4 Å². The minimum atomic E-state index is -0.0783. The summed E-state index contributed by atoms with van der Waals surface area (Å²) < 4.78 is 5.23. The number of hydrogen-bond acceptors (Lipinski definition) is 7. The summed E-state index contributed by atoms with van der Waals surface area (Å²) in [6, 6.07) is 6.48. The first-order valence-corrected chi connectivity index (χ1v) is 12.1. The summed E-state index contributed by atoms with van der Waals surface area (Å²) in [7, 11) is 3.42. The number of fused-ring (bicyclic) bond motifs is 1. The maximum absolute atomic E-state index is 12.2. The standard InChI is InChI=1S/C24H33ClN6O2/c1-26-23(32)19-4-3-5-21(19)29-22-20(25)15-27-24(30-22)28-18-7-6-16-8-10-31(12-13-33-2)11-9-17(16)14-18/h6-7,14-15,19,21H,3-5,8-13H2,1-2H3,(H,26,32)(H2,27,28,29,30)/t19-,21+/m1/s1. The molecule has 0 bridgehead atoms. The summed E-state index contributed by atoms with van der Waals surface area (Å²) in [5, 5.41) is 9.91. The van der Waals surface area contributed by atoms with Crippen LogP contribution >= 0.6 is 11.6 Å². The van der Waals surface area contributed by atoms with E-state index in [2.05, 4.69) is 49.0 Å². The van der Waals surface area contributed by atoms with Gasteiger partial charge in [-0.05, 0) is 48.9 Å². The van der Waals surface area contributed by atoms with Gasteiger partial charge >= 0.3 is 0 Å². The van der Waals surface area contributed by atoms with Crippen molar-refractivity contribution in [1.82, 2.24) is 20.2 Å². The van der Waals surface area contributed by atoms with Gasteiger partial charge in [-0.1, -0.05) is 24.1 Å². The molecule has 1 aliphatic carbocycles. The third kappa shape index (κ3) is 5.93. The minimum Gasteiger partial charge on any atom is -0.383 e. The molecular weight excluding hydrogens is 440 g/mol. The molecule has 4 rings (SSSR count). The molecule has 0 saturated heterocycles. The fraction of sp³-hybridized carbons (Fsp3) is 0.542. The predicted molar refractivity (Wildman–Crippen MR) is 131 cm³/mol. The second-order valence-electron chi connectivity index (χ2n) is 8.74. The number of ether oxygens (including phenoxy) is 1. The number of rotatable bonds is 8. The van der Waals surface area contributed by atoms with Gasteiger partial charge in [0.25, 0.3) is 0 Å². The number of nitrogens with one attached hydrogen (secondary N) is 3. The highest BCUT2D eigenvalue weighted by Gasteiger charge is 2.33. The molecule has 3 N–H and O–H groups in total. The van der Waals surface area contributed by atoms with E-state index >= 15 is 0 Å². The van der Waals surface area contributed by atoms with Crippen LogP contribution in [0.5, 0.6) is 0 Å². The van der Waals surface area contributed by atoms with Gasteiger partial charge in [-0.25, -0.2) is 4.98 Å². The molecule has 1 fully saturated rings. The van der Waals surface area contributed by atoms with E-state index in [0.717, 1.165) is 64.0 Å². The van der Waals surface area contributed by atoms with Gasteiger partial charge in [0.1, 0.15) is 5.02 Å². The molecule has 2 heterocycles. The van der Waals surface area contributed by atoms with Gasteiger partial charge in [0.15, 0.2) is 5.82 Å². The van der Waals surface area contributed by atoms with Crippen LogP contribution in [-0.4, -0.2) is 67.2 Å². The van der Waals surface area contributed by atoms with Crippen molar-refractivity contribution < 1.29 is 9.53 Å². The monoisotopic (exact) mass is 472 g/mol. The second-order valence-corrected chi connectivity index (χ2v) is 9.14. The first-order valence-electron chi connectivity index (χ1n) is 11.7. The highest BCUT2D eigenvalue weighted by atomic mass is 35.5. The largest absolute Gasteiger partial charge is 0.383 e. The number of anilines is 3. The number of hydrogen-bond donors (Lipinski definition) is 3. The number of amides is 1. The molecule has 0 unspecified atom stereocenters. The van der Waals surface area contributed by atoms with E-state index in [-0.39, 0.29) is 17.9 Å². The highest BCUT2D eigenvalue weighted by Crippen LogP contribution is 2.31. The Morgan fingerprint density at radius 2 is 2.06 bits per heavy atom.